The van der Waals surface area contributed by atoms with E-state index in [-0.39, 0.29) is 5.97 Å². The van der Waals surface area contributed by atoms with Crippen LogP contribution in [0.15, 0.2) is 0 Å². The van der Waals surface area contributed by atoms with Crippen molar-refractivity contribution in [1.29, 1.82) is 0 Å². The molecule has 0 saturated heterocycles. The quantitative estimate of drug-likeness (QED) is 0.220. The highest BCUT2D eigenvalue weighted by Gasteiger charge is 2.15. The lowest BCUT2D eigenvalue weighted by Crippen LogP contribution is -2.29. The molecule has 0 aromatic carbocycles. The maximum absolute atomic E-state index is 11.6. The van der Waals surface area contributed by atoms with Crippen LogP contribution in [0.3, 0.4) is 0 Å². The molecule has 0 aliphatic heterocycles. The molecule has 126 valence electrons. The van der Waals surface area contributed by atoms with Crippen molar-refractivity contribution in [3.05, 3.63) is 0 Å². The first kappa shape index (κ1) is 20.7. The molecule has 2 nitrogen and oxygen atoms in total. The van der Waals surface area contributed by atoms with Gasteiger partial charge in [0, 0.05) is 6.42 Å². The molecular weight excluding hydrogens is 276 g/mol. The van der Waals surface area contributed by atoms with Gasteiger partial charge >= 0.3 is 5.97 Å². The van der Waals surface area contributed by atoms with Crippen molar-refractivity contribution in [3.8, 4) is 0 Å². The number of carbonyl (C=O) groups is 1. The molecule has 0 aromatic heterocycles. The van der Waals surface area contributed by atoms with Crippen LogP contribution in [0, 0.1) is 0 Å². The van der Waals surface area contributed by atoms with E-state index in [1.807, 2.05) is 0 Å². The van der Waals surface area contributed by atoms with Crippen LogP contribution in [0.4, 0.5) is 0 Å². The summed E-state index contributed by atoms with van der Waals surface area (Å²) in [6.07, 6.45) is 15.8. The molecule has 0 atom stereocenters. The van der Waals surface area contributed by atoms with Crippen LogP contribution in [0.5, 0.6) is 0 Å². The van der Waals surface area contributed by atoms with E-state index in [0.29, 0.717) is 12.7 Å². The fourth-order valence-electron chi connectivity index (χ4n) is 2.30. The van der Waals surface area contributed by atoms with Gasteiger partial charge in [-0.2, -0.15) is 0 Å². The Morgan fingerprint density at radius 2 is 1.19 bits per heavy atom. The average molecular weight is 315 g/mol. The van der Waals surface area contributed by atoms with Crippen molar-refractivity contribution in [1.82, 2.24) is 0 Å². The van der Waals surface area contributed by atoms with E-state index >= 15 is 0 Å². The first-order chi connectivity index (χ1) is 9.95. The number of carbonyl (C=O) groups excluding carboxylic acids is 1. The number of esters is 1. The first-order valence-corrected chi connectivity index (χ1v) is 12.8. The maximum atomic E-state index is 11.6. The van der Waals surface area contributed by atoms with Gasteiger partial charge in [0.25, 0.3) is 0 Å². The average Bonchev–Trinajstić information content (AvgIpc) is 2.42. The Labute approximate surface area is 134 Å². The predicted molar refractivity (Wildman–Crippen MR) is 95.4 cm³/mol. The summed E-state index contributed by atoms with van der Waals surface area (Å²) in [5.74, 6) is 0.00773. The van der Waals surface area contributed by atoms with Gasteiger partial charge in [0.05, 0.1) is 14.3 Å². The van der Waals surface area contributed by atoms with Crippen LogP contribution >= 0.6 is 0 Å². The van der Waals surface area contributed by atoms with E-state index in [0.717, 1.165) is 6.42 Å². The summed E-state index contributed by atoms with van der Waals surface area (Å²) in [6, 6.07) is 0. The van der Waals surface area contributed by atoms with E-state index in [4.69, 9.17) is 4.74 Å². The molecule has 0 aliphatic rings. The maximum Gasteiger partial charge on any atom is 0.305 e. The zero-order valence-electron chi connectivity index (χ0n) is 15.0. The van der Waals surface area contributed by atoms with E-state index in [9.17, 15) is 4.79 Å². The lowest BCUT2D eigenvalue weighted by atomic mass is 10.1. The fraction of sp³-hybridized carbons (Fsp3) is 0.944. The monoisotopic (exact) mass is 314 g/mol. The third-order valence-corrected chi connectivity index (χ3v) is 4.66. The highest BCUT2D eigenvalue weighted by atomic mass is 28.3. The molecule has 0 rings (SSSR count). The van der Waals surface area contributed by atoms with Crippen LogP contribution in [0.25, 0.3) is 0 Å². The van der Waals surface area contributed by atoms with Gasteiger partial charge in [-0.1, -0.05) is 90.8 Å². The zero-order valence-corrected chi connectivity index (χ0v) is 16.0. The SMILES string of the molecule is CCCCCCCCCCCCCC(=O)OC[Si](C)(C)C. The smallest absolute Gasteiger partial charge is 0.305 e. The van der Waals surface area contributed by atoms with Crippen LogP contribution in [-0.2, 0) is 9.53 Å². The highest BCUT2D eigenvalue weighted by Crippen LogP contribution is 2.12. The van der Waals surface area contributed by atoms with Crippen molar-refractivity contribution in [2.24, 2.45) is 0 Å². The molecule has 0 aliphatic carbocycles. The standard InChI is InChI=1S/C18H38O2Si/c1-5-6-7-8-9-10-11-12-13-14-15-16-18(19)20-17-21(2,3)4/h5-17H2,1-4H3. The van der Waals surface area contributed by atoms with Crippen molar-refractivity contribution in [2.45, 2.75) is 104 Å². The minimum absolute atomic E-state index is 0.00773. The second-order valence-electron chi connectivity index (χ2n) is 7.51. The Bertz CT molecular complexity index is 246. The van der Waals surface area contributed by atoms with Gasteiger partial charge < -0.3 is 4.74 Å². The molecule has 0 fully saturated rings. The third kappa shape index (κ3) is 17.6. The van der Waals surface area contributed by atoms with Crippen molar-refractivity contribution in [3.63, 3.8) is 0 Å². The van der Waals surface area contributed by atoms with Crippen LogP contribution < -0.4 is 0 Å². The van der Waals surface area contributed by atoms with Crippen LogP contribution in [0.2, 0.25) is 19.6 Å². The lowest BCUT2D eigenvalue weighted by molar-refractivity contribution is -0.142. The molecule has 0 radical (unpaired) electrons. The molecule has 0 bridgehead atoms. The van der Waals surface area contributed by atoms with Gasteiger partial charge in [0.15, 0.2) is 0 Å². The van der Waals surface area contributed by atoms with E-state index in [2.05, 4.69) is 26.6 Å². The number of unbranched alkanes of at least 4 members (excludes halogenated alkanes) is 10. The minimum atomic E-state index is -1.24. The van der Waals surface area contributed by atoms with Crippen LogP contribution in [0.1, 0.15) is 84.0 Å². The molecule has 0 amide bonds. The Hall–Kier alpha value is -0.313. The summed E-state index contributed by atoms with van der Waals surface area (Å²) in [5, 5.41) is 0. The summed E-state index contributed by atoms with van der Waals surface area (Å²) in [7, 11) is -1.24. The minimum Gasteiger partial charge on any atom is -0.469 e. The Kier molecular flexibility index (Phi) is 13.2. The molecule has 0 heterocycles. The molecular formula is C18H38O2Si. The van der Waals surface area contributed by atoms with Gasteiger partial charge in [-0.05, 0) is 6.42 Å². The Balaban J connectivity index is 3.20. The van der Waals surface area contributed by atoms with E-state index in [1.165, 1.54) is 64.2 Å². The molecule has 0 N–H and O–H groups in total. The number of hydrogen-bond acceptors (Lipinski definition) is 2. The second-order valence-corrected chi connectivity index (χ2v) is 12.9. The van der Waals surface area contributed by atoms with Crippen molar-refractivity contribution < 1.29 is 9.53 Å². The molecule has 0 aromatic rings. The lowest BCUT2D eigenvalue weighted by Gasteiger charge is -2.15. The van der Waals surface area contributed by atoms with Gasteiger partial charge in [0.2, 0.25) is 0 Å². The summed E-state index contributed by atoms with van der Waals surface area (Å²) in [5.41, 5.74) is 0. The van der Waals surface area contributed by atoms with Gasteiger partial charge in [-0.25, -0.2) is 0 Å². The van der Waals surface area contributed by atoms with E-state index in [1.54, 1.807) is 0 Å². The fourth-order valence-corrected chi connectivity index (χ4v) is 2.90. The van der Waals surface area contributed by atoms with Gasteiger partial charge in [-0.3, -0.25) is 4.79 Å². The number of ether oxygens (including phenoxy) is 1. The second kappa shape index (κ2) is 13.4. The predicted octanol–water partition coefficient (Wildman–Crippen LogP) is 6.11. The number of rotatable bonds is 14. The van der Waals surface area contributed by atoms with Crippen molar-refractivity contribution >= 4 is 14.0 Å². The van der Waals surface area contributed by atoms with Gasteiger partial charge in [0.1, 0.15) is 0 Å². The van der Waals surface area contributed by atoms with Gasteiger partial charge in [-0.15, -0.1) is 0 Å². The third-order valence-electron chi connectivity index (χ3n) is 3.65. The topological polar surface area (TPSA) is 26.3 Å². The van der Waals surface area contributed by atoms with Crippen LogP contribution in [-0.4, -0.2) is 20.3 Å². The molecule has 0 saturated carbocycles. The largest absolute Gasteiger partial charge is 0.469 e. The molecule has 3 heteroatoms. The van der Waals surface area contributed by atoms with Crippen molar-refractivity contribution in [2.75, 3.05) is 6.23 Å². The Morgan fingerprint density at radius 1 is 0.762 bits per heavy atom. The molecule has 0 unspecified atom stereocenters. The van der Waals surface area contributed by atoms with E-state index < -0.39 is 8.07 Å². The molecule has 21 heavy (non-hydrogen) atoms. The normalized spacial score (nSPS) is 11.6. The Morgan fingerprint density at radius 3 is 1.62 bits per heavy atom. The summed E-state index contributed by atoms with van der Waals surface area (Å²) < 4.78 is 5.32. The summed E-state index contributed by atoms with van der Waals surface area (Å²) >= 11 is 0. The highest BCUT2D eigenvalue weighted by molar-refractivity contribution is 6.76. The zero-order chi connectivity index (χ0) is 16.0. The summed E-state index contributed by atoms with van der Waals surface area (Å²) in [4.78, 5) is 11.6. The first-order valence-electron chi connectivity index (χ1n) is 9.11. The molecule has 0 spiro atoms. The summed E-state index contributed by atoms with van der Waals surface area (Å²) in [6.45, 7) is 8.94. The number of hydrogen-bond donors (Lipinski definition) is 0.